The van der Waals surface area contributed by atoms with Gasteiger partial charge >= 0.3 is 6.03 Å². The van der Waals surface area contributed by atoms with Crippen LogP contribution in [-0.4, -0.2) is 30.7 Å². The van der Waals surface area contributed by atoms with Gasteiger partial charge in [-0.05, 0) is 23.8 Å². The molecule has 0 bridgehead atoms. The van der Waals surface area contributed by atoms with Crippen molar-refractivity contribution in [2.45, 2.75) is 13.1 Å². The van der Waals surface area contributed by atoms with E-state index in [2.05, 4.69) is 16.0 Å². The lowest BCUT2D eigenvalue weighted by molar-refractivity contribution is -0.120. The molecule has 0 saturated carbocycles. The summed E-state index contributed by atoms with van der Waals surface area (Å²) >= 11 is 0. The molecule has 0 unspecified atom stereocenters. The highest BCUT2D eigenvalue weighted by Crippen LogP contribution is 2.28. The number of carbonyl (C=O) groups is 2. The second kappa shape index (κ2) is 9.16. The highest BCUT2D eigenvalue weighted by atomic mass is 16.5. The molecule has 2 rings (SSSR count). The number of anilines is 1. The minimum atomic E-state index is -0.457. The van der Waals surface area contributed by atoms with Crippen LogP contribution in [0.2, 0.25) is 0 Å². The Labute approximate surface area is 151 Å². The van der Waals surface area contributed by atoms with Crippen LogP contribution in [0.25, 0.3) is 0 Å². The summed E-state index contributed by atoms with van der Waals surface area (Å²) in [6.45, 7) is 0.264. The quantitative estimate of drug-likeness (QED) is 0.474. The van der Waals surface area contributed by atoms with Gasteiger partial charge in [-0.2, -0.15) is 0 Å². The van der Waals surface area contributed by atoms with Crippen molar-refractivity contribution in [1.82, 2.24) is 16.0 Å². The van der Waals surface area contributed by atoms with Crippen LogP contribution in [0.4, 0.5) is 10.5 Å². The fourth-order valence-corrected chi connectivity index (χ4v) is 2.17. The van der Waals surface area contributed by atoms with Crippen molar-refractivity contribution in [3.63, 3.8) is 0 Å². The number of aromatic hydroxyl groups is 1. The summed E-state index contributed by atoms with van der Waals surface area (Å²) in [7, 11) is 1.45. The number of urea groups is 1. The first-order valence-electron chi connectivity index (χ1n) is 7.97. The SMILES string of the molecule is COc1cccc(CNC(=O)CNC(=O)NCc2ccc(N)cc2)c1O. The van der Waals surface area contributed by atoms with E-state index in [1.807, 2.05) is 12.1 Å². The molecule has 0 radical (unpaired) electrons. The Bertz CT molecular complexity index is 762. The first-order chi connectivity index (χ1) is 12.5. The number of nitrogens with one attached hydrogen (secondary N) is 3. The van der Waals surface area contributed by atoms with Crippen molar-refractivity contribution < 1.29 is 19.4 Å². The largest absolute Gasteiger partial charge is 0.504 e. The van der Waals surface area contributed by atoms with Crippen LogP contribution < -0.4 is 26.4 Å². The first-order valence-corrected chi connectivity index (χ1v) is 7.97. The second-order valence-electron chi connectivity index (χ2n) is 5.52. The van der Waals surface area contributed by atoms with Crippen LogP contribution in [0.1, 0.15) is 11.1 Å². The van der Waals surface area contributed by atoms with Crippen molar-refractivity contribution in [3.8, 4) is 11.5 Å². The smallest absolute Gasteiger partial charge is 0.315 e. The molecule has 0 atom stereocenters. The highest BCUT2D eigenvalue weighted by molar-refractivity contribution is 5.83. The Morgan fingerprint density at radius 1 is 1.04 bits per heavy atom. The van der Waals surface area contributed by atoms with Crippen molar-refractivity contribution >= 4 is 17.6 Å². The minimum absolute atomic E-state index is 0.0236. The summed E-state index contributed by atoms with van der Waals surface area (Å²) in [5, 5.41) is 17.7. The number of methoxy groups -OCH3 is 1. The highest BCUT2D eigenvalue weighted by Gasteiger charge is 2.09. The summed E-state index contributed by atoms with van der Waals surface area (Å²) in [6.07, 6.45) is 0. The monoisotopic (exact) mass is 358 g/mol. The molecule has 26 heavy (non-hydrogen) atoms. The normalized spacial score (nSPS) is 10.0. The molecule has 8 nitrogen and oxygen atoms in total. The maximum absolute atomic E-state index is 11.8. The van der Waals surface area contributed by atoms with Crippen molar-refractivity contribution in [2.24, 2.45) is 0 Å². The zero-order valence-corrected chi connectivity index (χ0v) is 14.4. The van der Waals surface area contributed by atoms with Gasteiger partial charge in [-0.3, -0.25) is 4.79 Å². The second-order valence-corrected chi connectivity index (χ2v) is 5.52. The fraction of sp³-hybridized carbons (Fsp3) is 0.222. The average molecular weight is 358 g/mol. The molecule has 0 aliphatic heterocycles. The zero-order chi connectivity index (χ0) is 18.9. The van der Waals surface area contributed by atoms with Crippen molar-refractivity contribution in [1.29, 1.82) is 0 Å². The minimum Gasteiger partial charge on any atom is -0.504 e. The number of phenols is 1. The van der Waals surface area contributed by atoms with Gasteiger partial charge in [0.1, 0.15) is 0 Å². The number of para-hydroxylation sites is 1. The number of hydrogen-bond donors (Lipinski definition) is 5. The number of hydrogen-bond acceptors (Lipinski definition) is 5. The van der Waals surface area contributed by atoms with E-state index in [1.54, 1.807) is 30.3 Å². The van der Waals surface area contributed by atoms with Crippen molar-refractivity contribution in [2.75, 3.05) is 19.4 Å². The van der Waals surface area contributed by atoms with E-state index in [4.69, 9.17) is 10.5 Å². The van der Waals surface area contributed by atoms with Crippen LogP contribution in [0.15, 0.2) is 42.5 Å². The fourth-order valence-electron chi connectivity index (χ4n) is 2.17. The molecule has 2 aromatic carbocycles. The lowest BCUT2D eigenvalue weighted by Gasteiger charge is -2.11. The number of rotatable bonds is 7. The molecule has 0 fully saturated rings. The predicted octanol–water partition coefficient (Wildman–Crippen LogP) is 1.10. The number of benzene rings is 2. The lowest BCUT2D eigenvalue weighted by Crippen LogP contribution is -2.41. The molecule has 3 amide bonds. The lowest BCUT2D eigenvalue weighted by atomic mass is 10.2. The van der Waals surface area contributed by atoms with Gasteiger partial charge in [-0.25, -0.2) is 4.79 Å². The Balaban J connectivity index is 1.71. The topological polar surface area (TPSA) is 126 Å². The summed E-state index contributed by atoms with van der Waals surface area (Å²) in [5.74, 6) is -0.0729. The van der Waals surface area contributed by atoms with E-state index < -0.39 is 6.03 Å². The molecule has 138 valence electrons. The Hall–Kier alpha value is -3.42. The van der Waals surface area contributed by atoms with Crippen molar-refractivity contribution in [3.05, 3.63) is 53.6 Å². The molecule has 0 spiro atoms. The maximum Gasteiger partial charge on any atom is 0.315 e. The van der Waals surface area contributed by atoms with Crippen LogP contribution in [0.5, 0.6) is 11.5 Å². The number of phenolic OH excluding ortho intramolecular Hbond substituents is 1. The maximum atomic E-state index is 11.8. The van der Waals surface area contributed by atoms with E-state index in [-0.39, 0.29) is 24.7 Å². The Morgan fingerprint density at radius 2 is 1.77 bits per heavy atom. The third kappa shape index (κ3) is 5.59. The number of nitrogen functional groups attached to an aromatic ring is 1. The van der Waals surface area contributed by atoms with E-state index in [0.29, 0.717) is 23.5 Å². The van der Waals surface area contributed by atoms with E-state index >= 15 is 0 Å². The van der Waals surface area contributed by atoms with Crippen LogP contribution in [-0.2, 0) is 17.9 Å². The van der Waals surface area contributed by atoms with Crippen LogP contribution in [0, 0.1) is 0 Å². The third-order valence-electron chi connectivity index (χ3n) is 3.62. The summed E-state index contributed by atoms with van der Waals surface area (Å²) < 4.78 is 5.01. The van der Waals surface area contributed by atoms with E-state index in [0.717, 1.165) is 5.56 Å². The third-order valence-corrected chi connectivity index (χ3v) is 3.62. The van der Waals surface area contributed by atoms with Gasteiger partial charge in [-0.1, -0.05) is 24.3 Å². The van der Waals surface area contributed by atoms with Crippen LogP contribution >= 0.6 is 0 Å². The molecule has 2 aromatic rings. The van der Waals surface area contributed by atoms with Gasteiger partial charge in [0.15, 0.2) is 11.5 Å². The molecule has 0 aliphatic carbocycles. The van der Waals surface area contributed by atoms with E-state index in [9.17, 15) is 14.7 Å². The molecule has 6 N–H and O–H groups in total. The number of nitrogens with two attached hydrogens (primary N) is 1. The predicted molar refractivity (Wildman–Crippen MR) is 97.6 cm³/mol. The summed E-state index contributed by atoms with van der Waals surface area (Å²) in [4.78, 5) is 23.5. The van der Waals surface area contributed by atoms with E-state index in [1.165, 1.54) is 7.11 Å². The molecule has 0 aliphatic rings. The Morgan fingerprint density at radius 3 is 2.46 bits per heavy atom. The Kier molecular flexibility index (Phi) is 6.67. The average Bonchev–Trinajstić information content (AvgIpc) is 2.65. The van der Waals surface area contributed by atoms with Gasteiger partial charge in [-0.15, -0.1) is 0 Å². The molecule has 0 heterocycles. The standard InChI is InChI=1S/C18H22N4O4/c1-26-15-4-2-3-13(17(15)24)10-20-16(23)11-22-18(25)21-9-12-5-7-14(19)8-6-12/h2-8,24H,9-11,19H2,1H3,(H,20,23)(H2,21,22,25). The molecular formula is C18H22N4O4. The van der Waals surface area contributed by atoms with Crippen LogP contribution in [0.3, 0.4) is 0 Å². The van der Waals surface area contributed by atoms with Gasteiger partial charge in [0.25, 0.3) is 0 Å². The molecule has 8 heteroatoms. The van der Waals surface area contributed by atoms with Gasteiger partial charge in [0.05, 0.1) is 13.7 Å². The molecular weight excluding hydrogens is 336 g/mol. The number of carbonyl (C=O) groups excluding carboxylic acids is 2. The zero-order valence-electron chi connectivity index (χ0n) is 14.4. The first kappa shape index (κ1) is 18.9. The number of ether oxygens (including phenoxy) is 1. The molecule has 0 saturated heterocycles. The number of amides is 3. The van der Waals surface area contributed by atoms with Gasteiger partial charge < -0.3 is 31.5 Å². The molecule has 0 aromatic heterocycles. The van der Waals surface area contributed by atoms with Gasteiger partial charge in [0, 0.05) is 24.3 Å². The summed E-state index contributed by atoms with van der Waals surface area (Å²) in [5.41, 5.74) is 7.66. The summed E-state index contributed by atoms with van der Waals surface area (Å²) in [6, 6.07) is 11.7. The van der Waals surface area contributed by atoms with Gasteiger partial charge in [0.2, 0.25) is 5.91 Å².